The minimum absolute atomic E-state index is 0.0141. The fourth-order valence-electron chi connectivity index (χ4n) is 2.60. The number of carbonyl (C=O) groups excluding carboxylic acids is 1. The van der Waals surface area contributed by atoms with Crippen LogP contribution in [0.2, 0.25) is 0 Å². The standard InChI is InChI=1S/C15H22N2O3S/c16-8-4-9-17(11-13-5-2-1-3-6-13)15(18)14-7-10-21(19,20)12-14/h1-3,5-6,14H,4,7-12,16H2. The maximum absolute atomic E-state index is 12.6. The summed E-state index contributed by atoms with van der Waals surface area (Å²) in [6.07, 6.45) is 1.16. The smallest absolute Gasteiger partial charge is 0.227 e. The molecule has 1 fully saturated rings. The van der Waals surface area contributed by atoms with E-state index in [-0.39, 0.29) is 17.4 Å². The lowest BCUT2D eigenvalue weighted by atomic mass is 10.1. The molecule has 1 saturated heterocycles. The van der Waals surface area contributed by atoms with Gasteiger partial charge in [0.15, 0.2) is 9.84 Å². The van der Waals surface area contributed by atoms with Gasteiger partial charge >= 0.3 is 0 Å². The summed E-state index contributed by atoms with van der Waals surface area (Å²) in [6.45, 7) is 1.60. The molecule has 1 aromatic carbocycles. The molecular weight excluding hydrogens is 288 g/mol. The summed E-state index contributed by atoms with van der Waals surface area (Å²) in [5.41, 5.74) is 6.58. The van der Waals surface area contributed by atoms with Crippen molar-refractivity contribution in [2.45, 2.75) is 19.4 Å². The van der Waals surface area contributed by atoms with Crippen LogP contribution in [0.3, 0.4) is 0 Å². The molecule has 1 aliphatic rings. The van der Waals surface area contributed by atoms with Gasteiger partial charge in [-0.05, 0) is 24.9 Å². The highest BCUT2D eigenvalue weighted by atomic mass is 32.2. The van der Waals surface area contributed by atoms with Crippen molar-refractivity contribution < 1.29 is 13.2 Å². The van der Waals surface area contributed by atoms with Crippen LogP contribution in [-0.4, -0.2) is 43.8 Å². The first-order valence-corrected chi connectivity index (χ1v) is 9.07. The van der Waals surface area contributed by atoms with Crippen molar-refractivity contribution in [1.82, 2.24) is 4.90 Å². The van der Waals surface area contributed by atoms with Gasteiger partial charge in [0.1, 0.15) is 0 Å². The molecule has 1 heterocycles. The monoisotopic (exact) mass is 310 g/mol. The number of sulfone groups is 1. The molecule has 5 nitrogen and oxygen atoms in total. The highest BCUT2D eigenvalue weighted by Crippen LogP contribution is 2.22. The van der Waals surface area contributed by atoms with E-state index < -0.39 is 15.8 Å². The molecule has 0 aliphatic carbocycles. The van der Waals surface area contributed by atoms with Crippen molar-refractivity contribution in [2.24, 2.45) is 11.7 Å². The molecule has 0 bridgehead atoms. The average molecular weight is 310 g/mol. The van der Waals surface area contributed by atoms with E-state index in [1.807, 2.05) is 30.3 Å². The zero-order valence-electron chi connectivity index (χ0n) is 12.1. The first-order valence-electron chi connectivity index (χ1n) is 7.25. The molecule has 0 saturated carbocycles. The first kappa shape index (κ1) is 16.0. The van der Waals surface area contributed by atoms with Gasteiger partial charge in [-0.1, -0.05) is 30.3 Å². The van der Waals surface area contributed by atoms with Gasteiger partial charge in [0.2, 0.25) is 5.91 Å². The zero-order chi connectivity index (χ0) is 15.3. The molecular formula is C15H22N2O3S. The molecule has 0 radical (unpaired) electrons. The molecule has 0 spiro atoms. The number of hydrogen-bond acceptors (Lipinski definition) is 4. The van der Waals surface area contributed by atoms with Gasteiger partial charge in [-0.2, -0.15) is 0 Å². The molecule has 1 unspecified atom stereocenters. The summed E-state index contributed by atoms with van der Waals surface area (Å²) in [5.74, 6) is -0.343. The molecule has 21 heavy (non-hydrogen) atoms. The molecule has 0 aromatic heterocycles. The Bertz CT molecular complexity index is 572. The highest BCUT2D eigenvalue weighted by Gasteiger charge is 2.35. The van der Waals surface area contributed by atoms with Crippen LogP contribution in [-0.2, 0) is 21.2 Å². The van der Waals surface area contributed by atoms with Crippen molar-refractivity contribution in [1.29, 1.82) is 0 Å². The molecule has 6 heteroatoms. The van der Waals surface area contributed by atoms with Gasteiger partial charge in [0, 0.05) is 13.1 Å². The largest absolute Gasteiger partial charge is 0.338 e. The number of nitrogens with zero attached hydrogens (tertiary/aromatic N) is 1. The number of nitrogens with two attached hydrogens (primary N) is 1. The van der Waals surface area contributed by atoms with Gasteiger partial charge in [0.05, 0.1) is 17.4 Å². The lowest BCUT2D eigenvalue weighted by molar-refractivity contribution is -0.135. The lowest BCUT2D eigenvalue weighted by Gasteiger charge is -2.25. The molecule has 2 rings (SSSR count). The minimum Gasteiger partial charge on any atom is -0.338 e. The average Bonchev–Trinajstić information content (AvgIpc) is 2.84. The van der Waals surface area contributed by atoms with Crippen molar-refractivity contribution in [2.75, 3.05) is 24.6 Å². The van der Waals surface area contributed by atoms with Crippen LogP contribution in [0.5, 0.6) is 0 Å². The predicted molar refractivity (Wildman–Crippen MR) is 82.3 cm³/mol. The molecule has 1 atom stereocenters. The molecule has 2 N–H and O–H groups in total. The lowest BCUT2D eigenvalue weighted by Crippen LogP contribution is -2.37. The van der Waals surface area contributed by atoms with Gasteiger partial charge in [-0.25, -0.2) is 8.42 Å². The van der Waals surface area contributed by atoms with Crippen LogP contribution < -0.4 is 5.73 Å². The van der Waals surface area contributed by atoms with Gasteiger partial charge in [0.25, 0.3) is 0 Å². The Kier molecular flexibility index (Phi) is 5.36. The van der Waals surface area contributed by atoms with Crippen LogP contribution in [0.1, 0.15) is 18.4 Å². The fourth-order valence-corrected chi connectivity index (χ4v) is 4.33. The summed E-state index contributed by atoms with van der Waals surface area (Å²) < 4.78 is 23.1. The highest BCUT2D eigenvalue weighted by molar-refractivity contribution is 7.91. The van der Waals surface area contributed by atoms with Gasteiger partial charge in [-0.15, -0.1) is 0 Å². The topological polar surface area (TPSA) is 80.5 Å². The normalized spacial score (nSPS) is 20.3. The Morgan fingerprint density at radius 3 is 2.57 bits per heavy atom. The number of amides is 1. The summed E-state index contributed by atoms with van der Waals surface area (Å²) in [6, 6.07) is 9.73. The van der Waals surface area contributed by atoms with E-state index in [9.17, 15) is 13.2 Å². The van der Waals surface area contributed by atoms with Crippen LogP contribution >= 0.6 is 0 Å². The zero-order valence-corrected chi connectivity index (χ0v) is 12.9. The second-order valence-electron chi connectivity index (χ2n) is 5.49. The third-order valence-corrected chi connectivity index (χ3v) is 5.51. The Hall–Kier alpha value is -1.40. The van der Waals surface area contributed by atoms with Gasteiger partial charge in [-0.3, -0.25) is 4.79 Å². The van der Waals surface area contributed by atoms with E-state index in [0.717, 1.165) is 12.0 Å². The Balaban J connectivity index is 2.06. The number of rotatable bonds is 6. The fraction of sp³-hybridized carbons (Fsp3) is 0.533. The summed E-state index contributed by atoms with van der Waals surface area (Å²) in [4.78, 5) is 14.3. The van der Waals surface area contributed by atoms with Crippen molar-refractivity contribution in [3.8, 4) is 0 Å². The Morgan fingerprint density at radius 1 is 1.29 bits per heavy atom. The predicted octanol–water partition coefficient (Wildman–Crippen LogP) is 0.799. The third kappa shape index (κ3) is 4.54. The molecule has 1 amide bonds. The second kappa shape index (κ2) is 7.04. The van der Waals surface area contributed by atoms with Crippen molar-refractivity contribution >= 4 is 15.7 Å². The summed E-state index contributed by atoms with van der Waals surface area (Å²) in [5, 5.41) is 0. The second-order valence-corrected chi connectivity index (χ2v) is 7.72. The van der Waals surface area contributed by atoms with E-state index in [1.165, 1.54) is 0 Å². The maximum Gasteiger partial charge on any atom is 0.227 e. The number of benzene rings is 1. The van der Waals surface area contributed by atoms with Crippen LogP contribution in [0.4, 0.5) is 0 Å². The maximum atomic E-state index is 12.6. The van der Waals surface area contributed by atoms with E-state index in [2.05, 4.69) is 0 Å². The van der Waals surface area contributed by atoms with Crippen LogP contribution in [0.15, 0.2) is 30.3 Å². The van der Waals surface area contributed by atoms with Crippen molar-refractivity contribution in [3.05, 3.63) is 35.9 Å². The first-order chi connectivity index (χ1) is 10.0. The molecule has 116 valence electrons. The summed E-state index contributed by atoms with van der Waals surface area (Å²) >= 11 is 0. The van der Waals surface area contributed by atoms with E-state index >= 15 is 0 Å². The Morgan fingerprint density at radius 2 is 2.00 bits per heavy atom. The third-order valence-electron chi connectivity index (χ3n) is 3.74. The SMILES string of the molecule is NCCCN(Cc1ccccc1)C(=O)C1CCS(=O)(=O)C1. The van der Waals surface area contributed by atoms with E-state index in [4.69, 9.17) is 5.73 Å². The van der Waals surface area contributed by atoms with Crippen LogP contribution in [0, 0.1) is 5.92 Å². The minimum atomic E-state index is -3.04. The molecule has 1 aromatic rings. The van der Waals surface area contributed by atoms with Crippen LogP contribution in [0.25, 0.3) is 0 Å². The Labute approximate surface area is 126 Å². The van der Waals surface area contributed by atoms with Crippen molar-refractivity contribution in [3.63, 3.8) is 0 Å². The van der Waals surface area contributed by atoms with E-state index in [1.54, 1.807) is 4.90 Å². The summed E-state index contributed by atoms with van der Waals surface area (Å²) in [7, 11) is -3.04. The van der Waals surface area contributed by atoms with Gasteiger partial charge < -0.3 is 10.6 Å². The quantitative estimate of drug-likeness (QED) is 0.843. The number of hydrogen-bond donors (Lipinski definition) is 1. The molecule has 1 aliphatic heterocycles. The number of carbonyl (C=O) groups is 1. The van der Waals surface area contributed by atoms with E-state index in [0.29, 0.717) is 26.1 Å².